The molecule has 0 bridgehead atoms. The smallest absolute Gasteiger partial charge is 0.410 e. The number of hydrogen-bond donors (Lipinski definition) is 0. The molecular weight excluding hydrogens is 863 g/mol. The fraction of sp³-hybridized carbons (Fsp3) is 0.321. The van der Waals surface area contributed by atoms with E-state index in [4.69, 9.17) is 42.6 Å². The van der Waals surface area contributed by atoms with Crippen LogP contribution in [-0.4, -0.2) is 85.7 Å². The Balaban J connectivity index is 1.15. The third kappa shape index (κ3) is 13.9. The van der Waals surface area contributed by atoms with Crippen molar-refractivity contribution in [2.24, 2.45) is 0 Å². The van der Waals surface area contributed by atoms with E-state index in [-0.39, 0.29) is 59.4 Å². The molecule has 2 fully saturated rings. The van der Waals surface area contributed by atoms with Gasteiger partial charge in [-0.1, -0.05) is 182 Å². The maximum absolute atomic E-state index is 14.3. The van der Waals surface area contributed by atoms with Crippen molar-refractivity contribution in [3.63, 3.8) is 0 Å². The molecule has 6 aromatic rings. The quantitative estimate of drug-likeness (QED) is 0.0607. The van der Waals surface area contributed by atoms with Gasteiger partial charge in [-0.15, -0.1) is 0 Å². The minimum absolute atomic E-state index is 0.0173. The highest BCUT2D eigenvalue weighted by molar-refractivity contribution is 5.69. The molecule has 2 aliphatic heterocycles. The minimum Gasteiger partial charge on any atom is -0.457 e. The molecule has 12 nitrogen and oxygen atoms in total. The number of nitrogens with zero attached hydrogens (tertiary/aromatic N) is 1. The summed E-state index contributed by atoms with van der Waals surface area (Å²) in [5, 5.41) is 0. The lowest BCUT2D eigenvalue weighted by molar-refractivity contribution is -0.336. The second kappa shape index (κ2) is 25.2. The van der Waals surface area contributed by atoms with Crippen molar-refractivity contribution in [1.82, 2.24) is 4.90 Å². The Morgan fingerprint density at radius 3 is 1.37 bits per heavy atom. The van der Waals surface area contributed by atoms with Crippen LogP contribution in [0.3, 0.4) is 0 Å². The van der Waals surface area contributed by atoms with Crippen molar-refractivity contribution in [2.75, 3.05) is 19.8 Å². The van der Waals surface area contributed by atoms with Crippen molar-refractivity contribution in [1.29, 1.82) is 0 Å². The second-order valence-corrected chi connectivity index (χ2v) is 16.8. The molecule has 0 N–H and O–H groups in total. The van der Waals surface area contributed by atoms with Gasteiger partial charge in [-0.25, -0.2) is 4.79 Å². The molecule has 2 saturated heterocycles. The first-order valence-electron chi connectivity index (χ1n) is 23.1. The van der Waals surface area contributed by atoms with Gasteiger partial charge < -0.3 is 42.6 Å². The van der Waals surface area contributed by atoms with Gasteiger partial charge >= 0.3 is 12.1 Å². The first-order valence-corrected chi connectivity index (χ1v) is 23.1. The molecule has 8 rings (SSSR count). The van der Waals surface area contributed by atoms with Crippen LogP contribution >= 0.6 is 0 Å². The van der Waals surface area contributed by atoms with E-state index in [1.807, 2.05) is 182 Å². The zero-order chi connectivity index (χ0) is 46.8. The van der Waals surface area contributed by atoms with Gasteiger partial charge in [0.05, 0.1) is 58.8 Å². The van der Waals surface area contributed by atoms with Gasteiger partial charge in [0, 0.05) is 6.92 Å². The number of carbonyl (C=O) groups is 2. The molecule has 6 aromatic carbocycles. The van der Waals surface area contributed by atoms with Crippen LogP contribution in [0, 0.1) is 0 Å². The van der Waals surface area contributed by atoms with Gasteiger partial charge in [-0.3, -0.25) is 9.69 Å². The highest BCUT2D eigenvalue weighted by Crippen LogP contribution is 2.35. The monoisotopic (exact) mass is 921 g/mol. The maximum atomic E-state index is 14.3. The van der Waals surface area contributed by atoms with Crippen molar-refractivity contribution in [3.8, 4) is 0 Å². The van der Waals surface area contributed by atoms with Crippen LogP contribution < -0.4 is 0 Å². The van der Waals surface area contributed by atoms with Gasteiger partial charge in [0.1, 0.15) is 37.1 Å². The molecule has 0 saturated carbocycles. The van der Waals surface area contributed by atoms with Gasteiger partial charge in [-0.2, -0.15) is 0 Å². The molecule has 1 amide bonds. The lowest BCUT2D eigenvalue weighted by Crippen LogP contribution is -2.63. The summed E-state index contributed by atoms with van der Waals surface area (Å²) in [5.74, 6) is -0.522. The van der Waals surface area contributed by atoms with Gasteiger partial charge in [0.15, 0.2) is 12.4 Å². The maximum Gasteiger partial charge on any atom is 0.410 e. The summed E-state index contributed by atoms with van der Waals surface area (Å²) in [6.45, 7) is 2.77. The van der Waals surface area contributed by atoms with Crippen molar-refractivity contribution >= 4 is 12.1 Å². The van der Waals surface area contributed by atoms with Crippen LogP contribution in [0.2, 0.25) is 0 Å². The number of ether oxygens (including phenoxy) is 9. The Morgan fingerprint density at radius 2 is 0.897 bits per heavy atom. The molecule has 8 atom stereocenters. The van der Waals surface area contributed by atoms with Crippen molar-refractivity contribution < 1.29 is 52.2 Å². The van der Waals surface area contributed by atoms with Crippen molar-refractivity contribution in [2.45, 2.75) is 95.5 Å². The molecule has 2 heterocycles. The normalized spacial score (nSPS) is 22.4. The van der Waals surface area contributed by atoms with Crippen LogP contribution in [0.1, 0.15) is 40.3 Å². The van der Waals surface area contributed by atoms with E-state index < -0.39 is 61.0 Å². The molecule has 0 unspecified atom stereocenters. The third-order valence-corrected chi connectivity index (χ3v) is 11.8. The summed E-state index contributed by atoms with van der Waals surface area (Å²) in [6, 6.07) is 57.8. The number of likely N-dealkylation sites (tertiary alicyclic amines) is 1. The molecule has 68 heavy (non-hydrogen) atoms. The lowest BCUT2D eigenvalue weighted by Gasteiger charge is -2.46. The van der Waals surface area contributed by atoms with E-state index in [1.54, 1.807) is 4.90 Å². The Bertz CT molecular complexity index is 2380. The predicted octanol–water partition coefficient (Wildman–Crippen LogP) is 9.24. The number of esters is 1. The average Bonchev–Trinajstić information content (AvgIpc) is 3.72. The zero-order valence-electron chi connectivity index (χ0n) is 38.2. The van der Waals surface area contributed by atoms with Gasteiger partial charge in [-0.05, 0) is 33.4 Å². The third-order valence-electron chi connectivity index (χ3n) is 11.8. The number of rotatable bonds is 22. The molecule has 0 aromatic heterocycles. The Kier molecular flexibility index (Phi) is 17.9. The van der Waals surface area contributed by atoms with Gasteiger partial charge in [0.2, 0.25) is 0 Å². The largest absolute Gasteiger partial charge is 0.457 e. The summed E-state index contributed by atoms with van der Waals surface area (Å²) in [4.78, 5) is 29.0. The van der Waals surface area contributed by atoms with Crippen LogP contribution in [0.5, 0.6) is 0 Å². The van der Waals surface area contributed by atoms with E-state index in [2.05, 4.69) is 0 Å². The average molecular weight is 922 g/mol. The highest BCUT2D eigenvalue weighted by atomic mass is 16.7. The molecular formula is C56H59NO11. The summed E-state index contributed by atoms with van der Waals surface area (Å²) in [7, 11) is 0. The second-order valence-electron chi connectivity index (χ2n) is 16.8. The van der Waals surface area contributed by atoms with Crippen molar-refractivity contribution in [3.05, 3.63) is 215 Å². The molecule has 0 spiro atoms. The van der Waals surface area contributed by atoms with Crippen LogP contribution in [0.25, 0.3) is 0 Å². The standard InChI is InChI=1S/C56H59NO11/c1-41(58)66-52-50(40-61-34-43-22-10-3-11-23-43)67-55(54(64-37-46-28-16-6-17-29-46)53(52)63-36-45-26-14-5-15-27-45)68-51-48(39-60-33-42-20-8-2-9-21-42)57(56(59)65-38-47-30-18-7-19-31-47)32-49(51)62-35-44-24-12-4-13-25-44/h2-31,48-55H,32-40H2,1H3/t48-,49-,50-,51-,52-,53+,54-,55-/m1/s1. The fourth-order valence-electron chi connectivity index (χ4n) is 8.41. The first kappa shape index (κ1) is 48.2. The number of amides is 1. The Morgan fingerprint density at radius 1 is 0.485 bits per heavy atom. The van der Waals surface area contributed by atoms with Crippen LogP contribution in [-0.2, 0) is 87.1 Å². The Labute approximate surface area is 398 Å². The Hall–Kier alpha value is -6.22. The van der Waals surface area contributed by atoms with E-state index in [0.29, 0.717) is 0 Å². The lowest BCUT2D eigenvalue weighted by atomic mass is 9.97. The predicted molar refractivity (Wildman–Crippen MR) is 253 cm³/mol. The SMILES string of the molecule is CC(=O)O[C@H]1[C@H](OCc2ccccc2)[C@@H](OCc2ccccc2)[C@@H](O[C@@H]2[C@@H](COCc3ccccc3)N(C(=O)OCc3ccccc3)C[C@H]2OCc2ccccc2)O[C@@H]1COCc1ccccc1. The topological polar surface area (TPSA) is 120 Å². The van der Waals surface area contributed by atoms with E-state index in [1.165, 1.54) is 6.92 Å². The summed E-state index contributed by atoms with van der Waals surface area (Å²) >= 11 is 0. The van der Waals surface area contributed by atoms with E-state index in [0.717, 1.165) is 33.4 Å². The molecule has 0 aliphatic carbocycles. The zero-order valence-corrected chi connectivity index (χ0v) is 38.2. The summed E-state index contributed by atoms with van der Waals surface area (Å²) in [5.41, 5.74) is 5.52. The van der Waals surface area contributed by atoms with Gasteiger partial charge in [0.25, 0.3) is 0 Å². The molecule has 0 radical (unpaired) electrons. The molecule has 2 aliphatic rings. The van der Waals surface area contributed by atoms with E-state index in [9.17, 15) is 9.59 Å². The number of benzene rings is 6. The summed E-state index contributed by atoms with van der Waals surface area (Å²) < 4.78 is 59.5. The molecule has 12 heteroatoms. The molecule has 354 valence electrons. The number of hydrogen-bond acceptors (Lipinski definition) is 11. The van der Waals surface area contributed by atoms with E-state index >= 15 is 0 Å². The first-order chi connectivity index (χ1) is 33.5. The summed E-state index contributed by atoms with van der Waals surface area (Å²) in [6.07, 6.45) is -7.01. The van der Waals surface area contributed by atoms with Crippen LogP contribution in [0.15, 0.2) is 182 Å². The minimum atomic E-state index is -1.17. The fourth-order valence-corrected chi connectivity index (χ4v) is 8.41. The highest BCUT2D eigenvalue weighted by Gasteiger charge is 2.54. The number of carbonyl (C=O) groups excluding carboxylic acids is 2. The van der Waals surface area contributed by atoms with Crippen LogP contribution in [0.4, 0.5) is 4.79 Å².